The lowest BCUT2D eigenvalue weighted by Gasteiger charge is -2.30. The van der Waals surface area contributed by atoms with Crippen LogP contribution in [-0.2, 0) is 6.54 Å². The van der Waals surface area contributed by atoms with Crippen LogP contribution in [0.2, 0.25) is 0 Å². The number of ether oxygens (including phenoxy) is 3. The average molecular weight is 343 g/mol. The summed E-state index contributed by atoms with van der Waals surface area (Å²) in [6, 6.07) is 1.93. The minimum absolute atomic E-state index is 0.590. The molecule has 1 aromatic rings. The van der Waals surface area contributed by atoms with Crippen LogP contribution in [0.5, 0.6) is 17.2 Å². The summed E-state index contributed by atoms with van der Waals surface area (Å²) in [5, 5.41) is 3.36. The zero-order valence-corrected chi connectivity index (χ0v) is 13.2. The van der Waals surface area contributed by atoms with Gasteiger partial charge in [-0.15, -0.1) is 0 Å². The van der Waals surface area contributed by atoms with Crippen LogP contribution in [0.1, 0.15) is 5.56 Å². The van der Waals surface area contributed by atoms with Crippen LogP contribution in [0.4, 0.5) is 0 Å². The van der Waals surface area contributed by atoms with Crippen LogP contribution < -0.4 is 19.5 Å². The van der Waals surface area contributed by atoms with E-state index >= 15 is 0 Å². The van der Waals surface area contributed by atoms with E-state index in [1.807, 2.05) is 6.07 Å². The molecule has 110 valence electrons. The van der Waals surface area contributed by atoms with E-state index in [2.05, 4.69) is 26.1 Å². The number of hydrogen-bond acceptors (Lipinski definition) is 5. The van der Waals surface area contributed by atoms with E-state index in [0.717, 1.165) is 60.0 Å². The molecule has 6 heteroatoms. The third-order valence-corrected chi connectivity index (χ3v) is 4.22. The first-order valence-electron chi connectivity index (χ1n) is 6.87. The second-order valence-corrected chi connectivity index (χ2v) is 5.77. The minimum Gasteiger partial charge on any atom is -0.495 e. The van der Waals surface area contributed by atoms with Crippen molar-refractivity contribution in [2.75, 3.05) is 46.5 Å². The number of nitrogens with one attached hydrogen (secondary N) is 1. The van der Waals surface area contributed by atoms with Crippen molar-refractivity contribution in [2.45, 2.75) is 6.54 Å². The summed E-state index contributed by atoms with van der Waals surface area (Å²) < 4.78 is 18.0. The van der Waals surface area contributed by atoms with E-state index in [1.165, 1.54) is 0 Å². The van der Waals surface area contributed by atoms with Crippen molar-refractivity contribution >= 4 is 15.9 Å². The Morgan fingerprint density at radius 3 is 2.80 bits per heavy atom. The van der Waals surface area contributed by atoms with Crippen molar-refractivity contribution in [3.05, 3.63) is 16.1 Å². The molecule has 0 amide bonds. The molecule has 1 aromatic carbocycles. The second-order valence-electron chi connectivity index (χ2n) is 4.92. The van der Waals surface area contributed by atoms with Gasteiger partial charge in [0.15, 0.2) is 11.5 Å². The van der Waals surface area contributed by atoms with E-state index in [-0.39, 0.29) is 0 Å². The highest BCUT2D eigenvalue weighted by molar-refractivity contribution is 9.10. The summed E-state index contributed by atoms with van der Waals surface area (Å²) in [6.45, 7) is 6.11. The van der Waals surface area contributed by atoms with Crippen molar-refractivity contribution < 1.29 is 14.2 Å². The summed E-state index contributed by atoms with van der Waals surface area (Å²) in [5.74, 6) is 2.47. The van der Waals surface area contributed by atoms with Crippen LogP contribution >= 0.6 is 15.9 Å². The van der Waals surface area contributed by atoms with Gasteiger partial charge in [-0.05, 0) is 15.9 Å². The van der Waals surface area contributed by atoms with Gasteiger partial charge >= 0.3 is 0 Å². The van der Waals surface area contributed by atoms with E-state index in [4.69, 9.17) is 14.2 Å². The van der Waals surface area contributed by atoms with E-state index in [0.29, 0.717) is 13.2 Å². The SMILES string of the molecule is COc1c(Br)cc2c(c1CN1CCNCC1)OCCO2. The highest BCUT2D eigenvalue weighted by atomic mass is 79.9. The zero-order valence-electron chi connectivity index (χ0n) is 11.6. The van der Waals surface area contributed by atoms with Crippen LogP contribution in [0.3, 0.4) is 0 Å². The molecule has 0 saturated carbocycles. The standard InChI is InChI=1S/C14H19BrN2O3/c1-18-13-10(9-17-4-2-16-3-5-17)14-12(8-11(13)15)19-6-7-20-14/h8,16H,2-7,9H2,1H3. The quantitative estimate of drug-likeness (QED) is 0.904. The van der Waals surface area contributed by atoms with Crippen molar-refractivity contribution in [3.8, 4) is 17.2 Å². The highest BCUT2D eigenvalue weighted by Gasteiger charge is 2.25. The monoisotopic (exact) mass is 342 g/mol. The van der Waals surface area contributed by atoms with E-state index in [1.54, 1.807) is 7.11 Å². The van der Waals surface area contributed by atoms with E-state index < -0.39 is 0 Å². The molecule has 0 radical (unpaired) electrons. The van der Waals surface area contributed by atoms with Crippen LogP contribution in [0, 0.1) is 0 Å². The van der Waals surface area contributed by atoms with Gasteiger partial charge in [0.1, 0.15) is 19.0 Å². The Balaban J connectivity index is 1.95. The van der Waals surface area contributed by atoms with Crippen LogP contribution in [0.25, 0.3) is 0 Å². The third kappa shape index (κ3) is 2.73. The molecule has 0 aliphatic carbocycles. The largest absolute Gasteiger partial charge is 0.495 e. The lowest BCUT2D eigenvalue weighted by atomic mass is 10.1. The summed E-state index contributed by atoms with van der Waals surface area (Å²) >= 11 is 3.56. The maximum Gasteiger partial charge on any atom is 0.169 e. The summed E-state index contributed by atoms with van der Waals surface area (Å²) in [4.78, 5) is 2.40. The Hall–Kier alpha value is -0.980. The van der Waals surface area contributed by atoms with Gasteiger partial charge in [-0.25, -0.2) is 0 Å². The Labute approximate surface area is 127 Å². The molecule has 2 aliphatic heterocycles. The Morgan fingerprint density at radius 2 is 2.05 bits per heavy atom. The molecule has 0 spiro atoms. The number of rotatable bonds is 3. The van der Waals surface area contributed by atoms with Crippen molar-refractivity contribution in [1.29, 1.82) is 0 Å². The van der Waals surface area contributed by atoms with E-state index in [9.17, 15) is 0 Å². The van der Waals surface area contributed by atoms with Crippen LogP contribution in [-0.4, -0.2) is 51.4 Å². The Morgan fingerprint density at radius 1 is 1.30 bits per heavy atom. The molecule has 0 bridgehead atoms. The number of halogens is 1. The first-order valence-corrected chi connectivity index (χ1v) is 7.67. The molecule has 0 aromatic heterocycles. The second kappa shape index (κ2) is 6.20. The number of fused-ring (bicyclic) bond motifs is 1. The third-order valence-electron chi connectivity index (χ3n) is 3.63. The summed E-state index contributed by atoms with van der Waals surface area (Å²) in [7, 11) is 1.69. The molecule has 2 aliphatic rings. The lowest BCUT2D eigenvalue weighted by Crippen LogP contribution is -2.43. The molecule has 1 saturated heterocycles. The lowest BCUT2D eigenvalue weighted by molar-refractivity contribution is 0.163. The van der Waals surface area contributed by atoms with Gasteiger partial charge in [0.25, 0.3) is 0 Å². The highest BCUT2D eigenvalue weighted by Crippen LogP contribution is 2.44. The van der Waals surface area contributed by atoms with Gasteiger partial charge in [0.2, 0.25) is 0 Å². The van der Waals surface area contributed by atoms with Gasteiger partial charge < -0.3 is 19.5 Å². The molecule has 20 heavy (non-hydrogen) atoms. The molecule has 2 heterocycles. The molecule has 5 nitrogen and oxygen atoms in total. The molecule has 3 rings (SSSR count). The number of piperazine rings is 1. The van der Waals surface area contributed by atoms with Crippen molar-refractivity contribution in [2.24, 2.45) is 0 Å². The maximum atomic E-state index is 5.83. The van der Waals surface area contributed by atoms with Gasteiger partial charge in [-0.2, -0.15) is 0 Å². The van der Waals surface area contributed by atoms with Crippen molar-refractivity contribution in [3.63, 3.8) is 0 Å². The Bertz CT molecular complexity index is 490. The van der Waals surface area contributed by atoms with Gasteiger partial charge in [0, 0.05) is 38.8 Å². The molecular formula is C14H19BrN2O3. The van der Waals surface area contributed by atoms with Crippen molar-refractivity contribution in [1.82, 2.24) is 10.2 Å². The topological polar surface area (TPSA) is 43.0 Å². The molecule has 1 N–H and O–H groups in total. The average Bonchev–Trinajstić information content (AvgIpc) is 2.48. The smallest absolute Gasteiger partial charge is 0.169 e. The fourth-order valence-electron chi connectivity index (χ4n) is 2.66. The maximum absolute atomic E-state index is 5.83. The number of benzene rings is 1. The molecule has 0 atom stereocenters. The predicted octanol–water partition coefficient (Wildman–Crippen LogP) is 1.63. The number of methoxy groups -OCH3 is 1. The predicted molar refractivity (Wildman–Crippen MR) is 79.8 cm³/mol. The Kier molecular flexibility index (Phi) is 4.33. The molecular weight excluding hydrogens is 324 g/mol. The summed E-state index contributed by atoms with van der Waals surface area (Å²) in [6.07, 6.45) is 0. The zero-order chi connectivity index (χ0) is 13.9. The van der Waals surface area contributed by atoms with Crippen LogP contribution in [0.15, 0.2) is 10.5 Å². The first-order chi connectivity index (χ1) is 9.79. The normalized spacial score (nSPS) is 18.9. The molecule has 0 unspecified atom stereocenters. The summed E-state index contributed by atoms with van der Waals surface area (Å²) in [5.41, 5.74) is 1.07. The van der Waals surface area contributed by atoms with Gasteiger partial charge in [-0.1, -0.05) is 0 Å². The van der Waals surface area contributed by atoms with Gasteiger partial charge in [0.05, 0.1) is 17.1 Å². The fraction of sp³-hybridized carbons (Fsp3) is 0.571. The number of hydrogen-bond donors (Lipinski definition) is 1. The minimum atomic E-state index is 0.590. The fourth-order valence-corrected chi connectivity index (χ4v) is 3.27. The number of nitrogens with zero attached hydrogens (tertiary/aromatic N) is 1. The molecule has 1 fully saturated rings. The van der Waals surface area contributed by atoms with Gasteiger partial charge in [-0.3, -0.25) is 4.90 Å². The first kappa shape index (κ1) is 14.0.